The summed E-state index contributed by atoms with van der Waals surface area (Å²) in [6, 6.07) is 5.24. The highest BCUT2D eigenvalue weighted by Crippen LogP contribution is 2.30. The second-order valence-corrected chi connectivity index (χ2v) is 3.32. The van der Waals surface area contributed by atoms with Gasteiger partial charge in [-0.15, -0.1) is 0 Å². The molecule has 0 unspecified atom stereocenters. The van der Waals surface area contributed by atoms with Crippen LogP contribution in [0, 0.1) is 0 Å². The van der Waals surface area contributed by atoms with Crippen molar-refractivity contribution in [2.75, 3.05) is 26.1 Å². The van der Waals surface area contributed by atoms with Crippen molar-refractivity contribution in [2.24, 2.45) is 0 Å². The number of benzene rings is 1. The number of esters is 1. The first-order valence-electron chi connectivity index (χ1n) is 4.58. The van der Waals surface area contributed by atoms with Gasteiger partial charge in [-0.3, -0.25) is 4.79 Å². The van der Waals surface area contributed by atoms with Gasteiger partial charge in [0.2, 0.25) is 0 Å². The van der Waals surface area contributed by atoms with E-state index >= 15 is 0 Å². The van der Waals surface area contributed by atoms with Crippen LogP contribution in [0.15, 0.2) is 18.2 Å². The molecule has 0 bridgehead atoms. The Kier molecular flexibility index (Phi) is 3.55. The second kappa shape index (κ2) is 4.68. The first kappa shape index (κ1) is 11.4. The maximum atomic E-state index is 10.8. The lowest BCUT2D eigenvalue weighted by Gasteiger charge is -2.17. The summed E-state index contributed by atoms with van der Waals surface area (Å²) < 4.78 is 10.2. The van der Waals surface area contributed by atoms with E-state index in [9.17, 15) is 4.79 Å². The molecule has 0 spiro atoms. The van der Waals surface area contributed by atoms with Crippen LogP contribution in [-0.4, -0.2) is 27.2 Å². The van der Waals surface area contributed by atoms with Gasteiger partial charge in [-0.1, -0.05) is 0 Å². The molecule has 0 N–H and O–H groups in total. The van der Waals surface area contributed by atoms with Gasteiger partial charge in [0.15, 0.2) is 0 Å². The van der Waals surface area contributed by atoms with Gasteiger partial charge in [-0.2, -0.15) is 0 Å². The molecule has 0 heterocycles. The number of methoxy groups -OCH3 is 1. The number of hydrogen-bond acceptors (Lipinski definition) is 4. The lowest BCUT2D eigenvalue weighted by Crippen LogP contribution is -2.11. The zero-order chi connectivity index (χ0) is 11.4. The molecule has 1 aromatic rings. The van der Waals surface area contributed by atoms with Crippen LogP contribution in [0.4, 0.5) is 5.69 Å². The van der Waals surface area contributed by atoms with Crippen LogP contribution >= 0.6 is 0 Å². The van der Waals surface area contributed by atoms with Crippen molar-refractivity contribution in [3.8, 4) is 11.5 Å². The molecular formula is C11H15NO3. The minimum absolute atomic E-state index is 0.329. The van der Waals surface area contributed by atoms with E-state index in [0.717, 1.165) is 11.4 Å². The fraction of sp³-hybridized carbons (Fsp3) is 0.364. The van der Waals surface area contributed by atoms with Crippen LogP contribution in [0.5, 0.6) is 11.5 Å². The number of hydrogen-bond donors (Lipinski definition) is 0. The zero-order valence-corrected chi connectivity index (χ0v) is 9.40. The van der Waals surface area contributed by atoms with E-state index in [1.165, 1.54) is 6.92 Å². The highest BCUT2D eigenvalue weighted by atomic mass is 16.5. The maximum Gasteiger partial charge on any atom is 0.308 e. The molecule has 0 aliphatic rings. The molecule has 4 heteroatoms. The molecule has 0 atom stereocenters. The summed E-state index contributed by atoms with van der Waals surface area (Å²) in [4.78, 5) is 12.7. The monoisotopic (exact) mass is 209 g/mol. The SMILES string of the molecule is COc1ccc(OC(C)=O)cc1N(C)C. The Morgan fingerprint density at radius 2 is 2.00 bits per heavy atom. The highest BCUT2D eigenvalue weighted by Gasteiger charge is 2.07. The maximum absolute atomic E-state index is 10.8. The van der Waals surface area contributed by atoms with Gasteiger partial charge in [0.05, 0.1) is 12.8 Å². The van der Waals surface area contributed by atoms with Crippen molar-refractivity contribution >= 4 is 11.7 Å². The summed E-state index contributed by atoms with van der Waals surface area (Å²) in [7, 11) is 5.40. The third-order valence-corrected chi connectivity index (χ3v) is 1.89. The van der Waals surface area contributed by atoms with E-state index < -0.39 is 0 Å². The summed E-state index contributed by atoms with van der Waals surface area (Å²) in [6.07, 6.45) is 0. The Morgan fingerprint density at radius 1 is 1.33 bits per heavy atom. The minimum Gasteiger partial charge on any atom is -0.495 e. The molecule has 0 radical (unpaired) electrons. The van der Waals surface area contributed by atoms with E-state index in [4.69, 9.17) is 9.47 Å². The Balaban J connectivity index is 3.04. The van der Waals surface area contributed by atoms with E-state index in [1.807, 2.05) is 19.0 Å². The van der Waals surface area contributed by atoms with Crippen molar-refractivity contribution in [1.82, 2.24) is 0 Å². The average Bonchev–Trinajstić information content (AvgIpc) is 2.16. The number of rotatable bonds is 3. The fourth-order valence-electron chi connectivity index (χ4n) is 1.25. The van der Waals surface area contributed by atoms with E-state index in [2.05, 4.69) is 0 Å². The van der Waals surface area contributed by atoms with Gasteiger partial charge in [-0.25, -0.2) is 0 Å². The van der Waals surface area contributed by atoms with E-state index in [-0.39, 0.29) is 5.97 Å². The normalized spacial score (nSPS) is 9.60. The van der Waals surface area contributed by atoms with E-state index in [1.54, 1.807) is 25.3 Å². The lowest BCUT2D eigenvalue weighted by molar-refractivity contribution is -0.131. The highest BCUT2D eigenvalue weighted by molar-refractivity contribution is 5.71. The molecule has 1 rings (SSSR count). The largest absolute Gasteiger partial charge is 0.495 e. The molecule has 0 aliphatic heterocycles. The van der Waals surface area contributed by atoms with Crippen LogP contribution < -0.4 is 14.4 Å². The van der Waals surface area contributed by atoms with Crippen molar-refractivity contribution in [2.45, 2.75) is 6.92 Å². The van der Waals surface area contributed by atoms with Crippen molar-refractivity contribution < 1.29 is 14.3 Å². The molecule has 0 saturated heterocycles. The lowest BCUT2D eigenvalue weighted by atomic mass is 10.2. The third kappa shape index (κ3) is 2.87. The van der Waals surface area contributed by atoms with Gasteiger partial charge in [0, 0.05) is 27.1 Å². The van der Waals surface area contributed by atoms with Crippen molar-refractivity contribution in [1.29, 1.82) is 0 Å². The third-order valence-electron chi connectivity index (χ3n) is 1.89. The summed E-state index contributed by atoms with van der Waals surface area (Å²) in [5, 5.41) is 0. The van der Waals surface area contributed by atoms with Crippen LogP contribution in [0.25, 0.3) is 0 Å². The number of carbonyl (C=O) groups is 1. The predicted octanol–water partition coefficient (Wildman–Crippen LogP) is 1.69. The molecule has 0 saturated carbocycles. The number of anilines is 1. The zero-order valence-electron chi connectivity index (χ0n) is 9.40. The average molecular weight is 209 g/mol. The number of carbonyl (C=O) groups excluding carboxylic acids is 1. The molecule has 4 nitrogen and oxygen atoms in total. The van der Waals surface area contributed by atoms with Crippen LogP contribution in [-0.2, 0) is 4.79 Å². The first-order chi connectivity index (χ1) is 7.04. The van der Waals surface area contributed by atoms with Gasteiger partial charge >= 0.3 is 5.97 Å². The van der Waals surface area contributed by atoms with Crippen LogP contribution in [0.2, 0.25) is 0 Å². The summed E-state index contributed by atoms with van der Waals surface area (Å²) in [6.45, 7) is 1.37. The Bertz CT molecular complexity index is 361. The Hall–Kier alpha value is -1.71. The molecule has 15 heavy (non-hydrogen) atoms. The van der Waals surface area contributed by atoms with E-state index in [0.29, 0.717) is 5.75 Å². The summed E-state index contributed by atoms with van der Waals surface area (Å²) >= 11 is 0. The molecule has 0 amide bonds. The first-order valence-corrected chi connectivity index (χ1v) is 4.58. The van der Waals surface area contributed by atoms with Crippen molar-refractivity contribution in [3.05, 3.63) is 18.2 Å². The van der Waals surface area contributed by atoms with Crippen LogP contribution in [0.3, 0.4) is 0 Å². The number of nitrogens with zero attached hydrogens (tertiary/aromatic N) is 1. The van der Waals surface area contributed by atoms with Gasteiger partial charge in [0.1, 0.15) is 11.5 Å². The van der Waals surface area contributed by atoms with Gasteiger partial charge in [-0.05, 0) is 12.1 Å². The second-order valence-electron chi connectivity index (χ2n) is 3.32. The standard InChI is InChI=1S/C11H15NO3/c1-8(13)15-9-5-6-11(14-4)10(7-9)12(2)3/h5-7H,1-4H3. The predicted molar refractivity (Wildman–Crippen MR) is 58.6 cm³/mol. The Labute approximate surface area is 89.4 Å². The van der Waals surface area contributed by atoms with Crippen molar-refractivity contribution in [3.63, 3.8) is 0 Å². The summed E-state index contributed by atoms with van der Waals surface area (Å²) in [5.74, 6) is 0.938. The van der Waals surface area contributed by atoms with Gasteiger partial charge < -0.3 is 14.4 Å². The topological polar surface area (TPSA) is 38.8 Å². The molecule has 1 aromatic carbocycles. The molecule has 0 aromatic heterocycles. The summed E-state index contributed by atoms with van der Waals surface area (Å²) in [5.41, 5.74) is 0.872. The molecular weight excluding hydrogens is 194 g/mol. The molecule has 0 aliphatic carbocycles. The fourth-order valence-corrected chi connectivity index (χ4v) is 1.25. The smallest absolute Gasteiger partial charge is 0.308 e. The Morgan fingerprint density at radius 3 is 2.47 bits per heavy atom. The molecule has 82 valence electrons. The molecule has 0 fully saturated rings. The quantitative estimate of drug-likeness (QED) is 0.561. The minimum atomic E-state index is -0.329. The number of ether oxygens (including phenoxy) is 2. The van der Waals surface area contributed by atoms with Gasteiger partial charge in [0.25, 0.3) is 0 Å². The van der Waals surface area contributed by atoms with Crippen LogP contribution in [0.1, 0.15) is 6.92 Å².